The van der Waals surface area contributed by atoms with Crippen LogP contribution < -0.4 is 10.6 Å². The number of rotatable bonds is 4. The lowest BCUT2D eigenvalue weighted by Gasteiger charge is -2.19. The third-order valence-corrected chi connectivity index (χ3v) is 4.34. The Labute approximate surface area is 153 Å². The van der Waals surface area contributed by atoms with Crippen molar-refractivity contribution in [2.75, 3.05) is 17.2 Å². The second kappa shape index (κ2) is 7.08. The summed E-state index contributed by atoms with van der Waals surface area (Å²) in [5.41, 5.74) is 2.95. The zero-order valence-electron chi connectivity index (χ0n) is 15.3. The molecule has 4 heteroatoms. The minimum Gasteiger partial charge on any atom is -0.508 e. The molecule has 4 nitrogen and oxygen atoms in total. The first kappa shape index (κ1) is 17.8. The summed E-state index contributed by atoms with van der Waals surface area (Å²) in [4.78, 5) is 12.3. The van der Waals surface area contributed by atoms with E-state index in [2.05, 4.69) is 43.5 Å². The van der Waals surface area contributed by atoms with E-state index in [1.54, 1.807) is 12.1 Å². The lowest BCUT2D eigenvalue weighted by atomic mass is 9.87. The van der Waals surface area contributed by atoms with Gasteiger partial charge in [0, 0.05) is 16.8 Å². The van der Waals surface area contributed by atoms with Crippen molar-refractivity contribution in [3.63, 3.8) is 0 Å². The van der Waals surface area contributed by atoms with E-state index in [9.17, 15) is 9.90 Å². The molecule has 134 valence electrons. The lowest BCUT2D eigenvalue weighted by molar-refractivity contribution is -0.114. The molecule has 0 aliphatic carbocycles. The van der Waals surface area contributed by atoms with E-state index in [4.69, 9.17) is 0 Å². The maximum atomic E-state index is 12.3. The fraction of sp³-hybridized carbons (Fsp3) is 0.227. The molecule has 0 unspecified atom stereocenters. The van der Waals surface area contributed by atoms with Gasteiger partial charge in [-0.05, 0) is 46.7 Å². The number of benzene rings is 3. The molecule has 0 radical (unpaired) electrons. The SMILES string of the molecule is CC(C)(C)c1ccc(NCC(=O)Nc2cccc3ccc(O)cc23)cc1. The predicted octanol–water partition coefficient (Wildman–Crippen LogP) is 4.89. The molecule has 0 aliphatic rings. The monoisotopic (exact) mass is 348 g/mol. The molecule has 26 heavy (non-hydrogen) atoms. The van der Waals surface area contributed by atoms with Crippen LogP contribution in [0.15, 0.2) is 60.7 Å². The van der Waals surface area contributed by atoms with Gasteiger partial charge < -0.3 is 15.7 Å². The van der Waals surface area contributed by atoms with Crippen molar-refractivity contribution in [2.45, 2.75) is 26.2 Å². The van der Waals surface area contributed by atoms with Gasteiger partial charge in [-0.2, -0.15) is 0 Å². The number of hydrogen-bond donors (Lipinski definition) is 3. The van der Waals surface area contributed by atoms with Gasteiger partial charge in [-0.3, -0.25) is 4.79 Å². The van der Waals surface area contributed by atoms with Crippen molar-refractivity contribution in [1.29, 1.82) is 0 Å². The molecule has 0 saturated carbocycles. The van der Waals surface area contributed by atoms with E-state index in [1.807, 2.05) is 36.4 Å². The third kappa shape index (κ3) is 4.14. The van der Waals surface area contributed by atoms with E-state index in [0.29, 0.717) is 5.69 Å². The molecule has 3 aromatic carbocycles. The zero-order chi connectivity index (χ0) is 18.7. The topological polar surface area (TPSA) is 61.4 Å². The Hall–Kier alpha value is -3.01. The Bertz CT molecular complexity index is 925. The van der Waals surface area contributed by atoms with Crippen LogP contribution >= 0.6 is 0 Å². The van der Waals surface area contributed by atoms with E-state index in [0.717, 1.165) is 16.5 Å². The Morgan fingerprint density at radius 1 is 1.00 bits per heavy atom. The minimum absolute atomic E-state index is 0.107. The standard InChI is InChI=1S/C22H24N2O2/c1-22(2,3)16-8-10-17(11-9-16)23-14-21(26)24-20-6-4-5-15-7-12-18(25)13-19(15)20/h4-13,23,25H,14H2,1-3H3,(H,24,26). The van der Waals surface area contributed by atoms with Crippen LogP contribution in [0.25, 0.3) is 10.8 Å². The van der Waals surface area contributed by atoms with E-state index in [1.165, 1.54) is 5.56 Å². The van der Waals surface area contributed by atoms with Crippen molar-refractivity contribution in [3.05, 3.63) is 66.2 Å². The predicted molar refractivity (Wildman–Crippen MR) is 108 cm³/mol. The van der Waals surface area contributed by atoms with Crippen molar-refractivity contribution < 1.29 is 9.90 Å². The Kier molecular flexibility index (Phi) is 4.85. The average Bonchev–Trinajstić information content (AvgIpc) is 2.60. The second-order valence-electron chi connectivity index (χ2n) is 7.44. The van der Waals surface area contributed by atoms with Crippen molar-refractivity contribution in [2.24, 2.45) is 0 Å². The van der Waals surface area contributed by atoms with E-state index < -0.39 is 0 Å². The summed E-state index contributed by atoms with van der Waals surface area (Å²) < 4.78 is 0. The van der Waals surface area contributed by atoms with Crippen LogP contribution in [0.5, 0.6) is 5.75 Å². The number of phenols is 1. The maximum absolute atomic E-state index is 12.3. The lowest BCUT2D eigenvalue weighted by Crippen LogP contribution is -2.22. The highest BCUT2D eigenvalue weighted by atomic mass is 16.3. The highest BCUT2D eigenvalue weighted by Crippen LogP contribution is 2.27. The van der Waals surface area contributed by atoms with Crippen molar-refractivity contribution in [1.82, 2.24) is 0 Å². The second-order valence-corrected chi connectivity index (χ2v) is 7.44. The maximum Gasteiger partial charge on any atom is 0.243 e. The van der Waals surface area contributed by atoms with Gasteiger partial charge >= 0.3 is 0 Å². The van der Waals surface area contributed by atoms with Crippen LogP contribution in [0.4, 0.5) is 11.4 Å². The molecule has 0 aliphatic heterocycles. The highest BCUT2D eigenvalue weighted by Gasteiger charge is 2.13. The molecule has 0 bridgehead atoms. The molecule has 0 atom stereocenters. The van der Waals surface area contributed by atoms with Crippen LogP contribution in [0.1, 0.15) is 26.3 Å². The largest absolute Gasteiger partial charge is 0.508 e. The Morgan fingerprint density at radius 2 is 1.73 bits per heavy atom. The number of aromatic hydroxyl groups is 1. The fourth-order valence-corrected chi connectivity index (χ4v) is 2.83. The molecule has 0 heterocycles. The molecule has 0 spiro atoms. The summed E-state index contributed by atoms with van der Waals surface area (Å²) in [6.07, 6.45) is 0. The van der Waals surface area contributed by atoms with E-state index >= 15 is 0 Å². The summed E-state index contributed by atoms with van der Waals surface area (Å²) in [7, 11) is 0. The summed E-state index contributed by atoms with van der Waals surface area (Å²) in [6.45, 7) is 6.69. The smallest absolute Gasteiger partial charge is 0.243 e. The van der Waals surface area contributed by atoms with Crippen LogP contribution in [0.2, 0.25) is 0 Å². The van der Waals surface area contributed by atoms with Gasteiger partial charge in [0.25, 0.3) is 0 Å². The average molecular weight is 348 g/mol. The summed E-state index contributed by atoms with van der Waals surface area (Å²) >= 11 is 0. The number of carbonyl (C=O) groups is 1. The van der Waals surface area contributed by atoms with Crippen LogP contribution in [-0.4, -0.2) is 17.6 Å². The minimum atomic E-state index is -0.138. The zero-order valence-corrected chi connectivity index (χ0v) is 15.3. The molecule has 3 rings (SSSR count). The van der Waals surface area contributed by atoms with Gasteiger partial charge in [0.2, 0.25) is 5.91 Å². The van der Waals surface area contributed by atoms with Gasteiger partial charge in [-0.1, -0.05) is 51.1 Å². The number of anilines is 2. The third-order valence-electron chi connectivity index (χ3n) is 4.34. The van der Waals surface area contributed by atoms with Gasteiger partial charge in [-0.25, -0.2) is 0 Å². The molecule has 3 aromatic rings. The number of carbonyl (C=O) groups excluding carboxylic acids is 1. The van der Waals surface area contributed by atoms with Gasteiger partial charge in [0.05, 0.1) is 6.54 Å². The first-order valence-electron chi connectivity index (χ1n) is 8.69. The molecule has 0 saturated heterocycles. The summed E-state index contributed by atoms with van der Waals surface area (Å²) in [6, 6.07) is 18.9. The van der Waals surface area contributed by atoms with Crippen LogP contribution in [0, 0.1) is 0 Å². The molecular formula is C22H24N2O2. The number of nitrogens with one attached hydrogen (secondary N) is 2. The van der Waals surface area contributed by atoms with Crippen LogP contribution in [0.3, 0.4) is 0 Å². The molecule has 0 fully saturated rings. The molecule has 3 N–H and O–H groups in total. The summed E-state index contributed by atoms with van der Waals surface area (Å²) in [5.74, 6) is 0.0389. The molecular weight excluding hydrogens is 324 g/mol. The highest BCUT2D eigenvalue weighted by molar-refractivity contribution is 6.03. The number of amides is 1. The number of phenolic OH excluding ortho intramolecular Hbond substituents is 1. The quantitative estimate of drug-likeness (QED) is 0.629. The van der Waals surface area contributed by atoms with Crippen molar-refractivity contribution in [3.8, 4) is 5.75 Å². The normalized spacial score (nSPS) is 11.3. The van der Waals surface area contributed by atoms with Crippen LogP contribution in [-0.2, 0) is 10.2 Å². The van der Waals surface area contributed by atoms with Crippen molar-refractivity contribution >= 4 is 28.1 Å². The van der Waals surface area contributed by atoms with Gasteiger partial charge in [0.1, 0.15) is 5.75 Å². The first-order chi connectivity index (χ1) is 12.3. The van der Waals surface area contributed by atoms with Gasteiger partial charge in [0.15, 0.2) is 0 Å². The molecule has 0 aromatic heterocycles. The number of fused-ring (bicyclic) bond motifs is 1. The number of hydrogen-bond acceptors (Lipinski definition) is 3. The molecule has 1 amide bonds. The summed E-state index contributed by atoms with van der Waals surface area (Å²) in [5, 5.41) is 17.5. The first-order valence-corrected chi connectivity index (χ1v) is 8.69. The fourth-order valence-electron chi connectivity index (χ4n) is 2.83. The Morgan fingerprint density at radius 3 is 2.42 bits per heavy atom. The Balaban J connectivity index is 1.65. The van der Waals surface area contributed by atoms with Gasteiger partial charge in [-0.15, -0.1) is 0 Å². The van der Waals surface area contributed by atoms with E-state index in [-0.39, 0.29) is 23.6 Å².